The summed E-state index contributed by atoms with van der Waals surface area (Å²) in [4.78, 5) is 35.4. The fourth-order valence-corrected chi connectivity index (χ4v) is 5.09. The van der Waals surface area contributed by atoms with E-state index in [2.05, 4.69) is 5.32 Å². The lowest BCUT2D eigenvalue weighted by Crippen LogP contribution is -2.41. The lowest BCUT2D eigenvalue weighted by atomic mass is 9.97. The lowest BCUT2D eigenvalue weighted by molar-refractivity contribution is -0.121. The molecule has 0 atom stereocenters. The van der Waals surface area contributed by atoms with Gasteiger partial charge in [0.05, 0.1) is 23.6 Å². The van der Waals surface area contributed by atoms with E-state index >= 15 is 0 Å². The molecule has 0 unspecified atom stereocenters. The van der Waals surface area contributed by atoms with Crippen molar-refractivity contribution in [3.63, 3.8) is 0 Å². The van der Waals surface area contributed by atoms with Gasteiger partial charge < -0.3 is 15.8 Å². The second-order valence-electron chi connectivity index (χ2n) is 7.81. The zero-order valence-electron chi connectivity index (χ0n) is 18.3. The minimum absolute atomic E-state index is 0.0601. The third-order valence-electron chi connectivity index (χ3n) is 5.45. The van der Waals surface area contributed by atoms with Gasteiger partial charge in [-0.05, 0) is 44.0 Å². The third kappa shape index (κ3) is 6.17. The van der Waals surface area contributed by atoms with Gasteiger partial charge in [-0.15, -0.1) is 0 Å². The number of anilines is 1. The van der Waals surface area contributed by atoms with Crippen molar-refractivity contribution in [1.29, 1.82) is 0 Å². The van der Waals surface area contributed by atoms with Crippen LogP contribution >= 0.6 is 0 Å². The van der Waals surface area contributed by atoms with Crippen LogP contribution in [0.3, 0.4) is 0 Å². The number of carbonyl (C=O) groups is 3. The zero-order valence-corrected chi connectivity index (χ0v) is 19.1. The molecule has 3 rings (SSSR count). The number of rotatable bonds is 9. The zero-order chi connectivity index (χ0) is 24.0. The van der Waals surface area contributed by atoms with Gasteiger partial charge >= 0.3 is 0 Å². The second kappa shape index (κ2) is 10.6. The molecule has 1 aliphatic rings. The Labute approximate surface area is 193 Å². The van der Waals surface area contributed by atoms with E-state index < -0.39 is 15.9 Å². The highest BCUT2D eigenvalue weighted by molar-refractivity contribution is 7.89. The molecule has 2 aromatic carbocycles. The summed E-state index contributed by atoms with van der Waals surface area (Å²) < 4.78 is 32.9. The van der Waals surface area contributed by atoms with Crippen LogP contribution in [0, 0.1) is 5.92 Å². The Morgan fingerprint density at radius 1 is 1.09 bits per heavy atom. The highest BCUT2D eigenvalue weighted by Gasteiger charge is 2.32. The number of ketones is 1. The normalized spacial score (nSPS) is 15.1. The molecule has 0 spiro atoms. The van der Waals surface area contributed by atoms with Gasteiger partial charge in [0.1, 0.15) is 5.75 Å². The van der Waals surface area contributed by atoms with Gasteiger partial charge in [0.25, 0.3) is 0 Å². The summed E-state index contributed by atoms with van der Waals surface area (Å²) in [6.07, 6.45) is 0.787. The van der Waals surface area contributed by atoms with E-state index in [1.807, 2.05) is 0 Å². The highest BCUT2D eigenvalue weighted by Crippen LogP contribution is 2.28. The molecule has 9 nitrogen and oxygen atoms in total. The first kappa shape index (κ1) is 24.4. The summed E-state index contributed by atoms with van der Waals surface area (Å²) >= 11 is 0. The quantitative estimate of drug-likeness (QED) is 0.536. The van der Waals surface area contributed by atoms with Crippen LogP contribution in [0.1, 0.15) is 36.5 Å². The maximum Gasteiger partial charge on any atom is 0.243 e. The molecule has 2 amide bonds. The van der Waals surface area contributed by atoms with Gasteiger partial charge in [-0.25, -0.2) is 8.42 Å². The molecular formula is C23H27N3O6S. The van der Waals surface area contributed by atoms with Gasteiger partial charge in [-0.3, -0.25) is 14.4 Å². The average Bonchev–Trinajstić information content (AvgIpc) is 2.80. The monoisotopic (exact) mass is 473 g/mol. The molecule has 33 heavy (non-hydrogen) atoms. The summed E-state index contributed by atoms with van der Waals surface area (Å²) in [5.41, 5.74) is 5.93. The Morgan fingerprint density at radius 3 is 2.45 bits per heavy atom. The van der Waals surface area contributed by atoms with Crippen LogP contribution in [0.2, 0.25) is 0 Å². The van der Waals surface area contributed by atoms with Crippen molar-refractivity contribution in [1.82, 2.24) is 4.31 Å². The first-order valence-corrected chi connectivity index (χ1v) is 12.0. The Bertz CT molecular complexity index is 1140. The maximum absolute atomic E-state index is 13.0. The molecule has 1 saturated heterocycles. The molecule has 1 heterocycles. The number of sulfonamides is 1. The second-order valence-corrected chi connectivity index (χ2v) is 9.75. The summed E-state index contributed by atoms with van der Waals surface area (Å²) in [5, 5.41) is 2.84. The number of nitrogens with one attached hydrogen (secondary N) is 1. The number of benzene rings is 2. The number of primary amides is 1. The Hall–Kier alpha value is -3.24. The van der Waals surface area contributed by atoms with Crippen molar-refractivity contribution < 1.29 is 27.5 Å². The van der Waals surface area contributed by atoms with Crippen molar-refractivity contribution in [2.45, 2.75) is 31.1 Å². The van der Waals surface area contributed by atoms with Gasteiger partial charge in [-0.1, -0.05) is 24.3 Å². The van der Waals surface area contributed by atoms with Crippen LogP contribution in [0.4, 0.5) is 5.69 Å². The molecule has 0 aliphatic carbocycles. The van der Waals surface area contributed by atoms with Crippen molar-refractivity contribution in [2.24, 2.45) is 11.7 Å². The largest absolute Gasteiger partial charge is 0.491 e. The SMILES string of the molecule is CC(=O)c1cccc(S(=O)(=O)N2CCC(C(=O)Nc3ccccc3OCCC(N)=O)CC2)c1. The van der Waals surface area contributed by atoms with Gasteiger partial charge in [0.15, 0.2) is 5.78 Å². The number of carbonyl (C=O) groups excluding carboxylic acids is 3. The van der Waals surface area contributed by atoms with E-state index in [1.54, 1.807) is 36.4 Å². The Kier molecular flexibility index (Phi) is 7.83. The molecule has 3 N–H and O–H groups in total. The number of nitrogens with zero attached hydrogens (tertiary/aromatic N) is 1. The van der Waals surface area contributed by atoms with Gasteiger partial charge in [0.2, 0.25) is 21.8 Å². The number of para-hydroxylation sites is 2. The number of piperidine rings is 1. The molecule has 0 radical (unpaired) electrons. The van der Waals surface area contributed by atoms with Crippen LogP contribution in [0.5, 0.6) is 5.75 Å². The van der Waals surface area contributed by atoms with E-state index in [1.165, 1.54) is 23.4 Å². The number of hydrogen-bond acceptors (Lipinski definition) is 6. The van der Waals surface area contributed by atoms with Crippen LogP contribution in [-0.2, 0) is 19.6 Å². The molecular weight excluding hydrogens is 446 g/mol. The van der Waals surface area contributed by atoms with Crippen LogP contribution in [0.25, 0.3) is 0 Å². The molecule has 2 aromatic rings. The fraction of sp³-hybridized carbons (Fsp3) is 0.348. The van der Waals surface area contributed by atoms with Crippen molar-refractivity contribution in [2.75, 3.05) is 25.0 Å². The number of Topliss-reactive ketones (excluding diaryl/α,β-unsaturated/α-hetero) is 1. The number of nitrogens with two attached hydrogens (primary N) is 1. The number of amides is 2. The molecule has 1 fully saturated rings. The van der Waals surface area contributed by atoms with E-state index in [-0.39, 0.29) is 48.6 Å². The minimum atomic E-state index is -3.76. The van der Waals surface area contributed by atoms with E-state index in [9.17, 15) is 22.8 Å². The van der Waals surface area contributed by atoms with E-state index in [0.717, 1.165) is 0 Å². The van der Waals surface area contributed by atoms with E-state index in [0.29, 0.717) is 29.8 Å². The summed E-state index contributed by atoms with van der Waals surface area (Å²) in [6, 6.07) is 12.8. The van der Waals surface area contributed by atoms with Crippen molar-refractivity contribution in [3.8, 4) is 5.75 Å². The third-order valence-corrected chi connectivity index (χ3v) is 7.35. The summed E-state index contributed by atoms with van der Waals surface area (Å²) in [6.45, 7) is 1.88. The Balaban J connectivity index is 1.61. The molecule has 0 bridgehead atoms. The standard InChI is InChI=1S/C23H27N3O6S/c1-16(27)18-5-4-6-19(15-18)33(30,31)26-12-9-17(10-13-26)23(29)25-20-7-2-3-8-21(20)32-14-11-22(24)28/h2-8,15,17H,9-14H2,1H3,(H2,24,28)(H,25,29). The molecule has 176 valence electrons. The first-order valence-electron chi connectivity index (χ1n) is 10.6. The number of hydrogen-bond donors (Lipinski definition) is 2. The molecule has 1 aliphatic heterocycles. The maximum atomic E-state index is 13.0. The molecule has 10 heteroatoms. The smallest absolute Gasteiger partial charge is 0.243 e. The fourth-order valence-electron chi connectivity index (χ4n) is 3.58. The number of ether oxygens (including phenoxy) is 1. The highest BCUT2D eigenvalue weighted by atomic mass is 32.2. The topological polar surface area (TPSA) is 136 Å². The van der Waals surface area contributed by atoms with Crippen LogP contribution < -0.4 is 15.8 Å². The minimum Gasteiger partial charge on any atom is -0.491 e. The van der Waals surface area contributed by atoms with Crippen molar-refractivity contribution >= 4 is 33.3 Å². The van der Waals surface area contributed by atoms with Gasteiger partial charge in [-0.2, -0.15) is 4.31 Å². The van der Waals surface area contributed by atoms with Crippen molar-refractivity contribution in [3.05, 3.63) is 54.1 Å². The lowest BCUT2D eigenvalue weighted by Gasteiger charge is -2.30. The first-order chi connectivity index (χ1) is 15.7. The predicted molar refractivity (Wildman–Crippen MR) is 122 cm³/mol. The molecule has 0 saturated carbocycles. The predicted octanol–water partition coefficient (Wildman–Crippen LogP) is 2.18. The van der Waals surface area contributed by atoms with E-state index in [4.69, 9.17) is 10.5 Å². The summed E-state index contributed by atoms with van der Waals surface area (Å²) in [5.74, 6) is -0.847. The van der Waals surface area contributed by atoms with Gasteiger partial charge in [0, 0.05) is 24.6 Å². The van der Waals surface area contributed by atoms with Crippen LogP contribution in [0.15, 0.2) is 53.4 Å². The summed E-state index contributed by atoms with van der Waals surface area (Å²) in [7, 11) is -3.76. The molecule has 0 aromatic heterocycles. The Morgan fingerprint density at radius 2 is 1.79 bits per heavy atom. The van der Waals surface area contributed by atoms with Crippen LogP contribution in [-0.4, -0.2) is 50.0 Å². The average molecular weight is 474 g/mol.